The van der Waals surface area contributed by atoms with Gasteiger partial charge in [0.1, 0.15) is 36.5 Å². The van der Waals surface area contributed by atoms with Gasteiger partial charge in [-0.05, 0) is 48.7 Å². The number of nitrogens with two attached hydrogens (primary N) is 2. The van der Waals surface area contributed by atoms with Crippen LogP contribution in [0.4, 0.5) is 0 Å². The first-order chi connectivity index (χ1) is 27.4. The summed E-state index contributed by atoms with van der Waals surface area (Å²) in [5, 5.41) is 24.6. The average molecular weight is 831 g/mol. The van der Waals surface area contributed by atoms with Crippen molar-refractivity contribution in [1.82, 2.24) is 31.9 Å². The smallest absolute Gasteiger partial charge is 0.303 e. The number of carboxylic acid groups (broad SMARTS) is 1. The predicted octanol–water partition coefficient (Wildman–Crippen LogP) is -1.23. The van der Waals surface area contributed by atoms with Crippen molar-refractivity contribution in [2.24, 2.45) is 33.3 Å². The van der Waals surface area contributed by atoms with Crippen LogP contribution < -0.4 is 43.4 Å². The van der Waals surface area contributed by atoms with Crippen LogP contribution >= 0.6 is 11.8 Å². The first kappa shape index (κ1) is 48.8. The van der Waals surface area contributed by atoms with Gasteiger partial charge < -0.3 is 48.5 Å². The number of hydrogen-bond acceptors (Lipinski definition) is 12. The minimum absolute atomic E-state index is 0.0293. The number of carbonyl (C=O) groups excluding carboxylic acids is 7. The molecular formula is C38H58N10O9S. The molecule has 58 heavy (non-hydrogen) atoms. The number of rotatable bonds is 26. The third-order valence-electron chi connectivity index (χ3n) is 8.91. The lowest BCUT2D eigenvalue weighted by molar-refractivity contribution is -0.137. The van der Waals surface area contributed by atoms with E-state index in [0.29, 0.717) is 17.7 Å². The zero-order valence-electron chi connectivity index (χ0n) is 33.6. The van der Waals surface area contributed by atoms with Crippen molar-refractivity contribution in [1.29, 1.82) is 0 Å². The van der Waals surface area contributed by atoms with E-state index in [1.54, 1.807) is 44.2 Å². The topological polar surface area (TPSA) is 306 Å². The number of carboxylic acids is 1. The number of primary amides is 1. The third-order valence-corrected chi connectivity index (χ3v) is 9.56. The standard InChI is InChI=1S/C38H58N10O9S/c1-21(2)15-27(35(54)45-26(33(40)52)13-14-58-5)47-36(55)29(17-24-18-41-20-43-24)44-30(49)19-42-38(57)32(22(3)4)48-37(56)28(16-23-9-7-6-8-10-23)46-34(53)25(39)11-12-31(50)51/h6-10,18,20-22,24-29,32H,11-17,19,39H2,1-5H3,(H2,40,52)(H,42,57)(H,44,49)(H,45,54)(H,46,53)(H,47,55)(H,48,56)(H,50,51)/t24?,25-,26-,27-,28-,29-,32-/m0/s1. The van der Waals surface area contributed by atoms with Gasteiger partial charge in [-0.25, -0.2) is 4.99 Å². The molecular weight excluding hydrogens is 773 g/mol. The van der Waals surface area contributed by atoms with Gasteiger partial charge in [0.25, 0.3) is 0 Å². The zero-order valence-corrected chi connectivity index (χ0v) is 34.4. The lowest BCUT2D eigenvalue weighted by atomic mass is 10.0. The Hall–Kier alpha value is -5.37. The van der Waals surface area contributed by atoms with Gasteiger partial charge in [0.2, 0.25) is 41.4 Å². The Morgan fingerprint density at radius 1 is 0.793 bits per heavy atom. The number of thioether (sulfide) groups is 1. The summed E-state index contributed by atoms with van der Waals surface area (Å²) in [7, 11) is 0. The summed E-state index contributed by atoms with van der Waals surface area (Å²) < 4.78 is 0. The molecule has 0 aliphatic carbocycles. The maximum atomic E-state index is 13.7. The van der Waals surface area contributed by atoms with Crippen LogP contribution in [-0.2, 0) is 44.8 Å². The Kier molecular flexibility index (Phi) is 21.1. The van der Waals surface area contributed by atoms with Gasteiger partial charge in [-0.1, -0.05) is 58.0 Å². The van der Waals surface area contributed by atoms with Gasteiger partial charge in [-0.15, -0.1) is 0 Å². The van der Waals surface area contributed by atoms with E-state index in [1.807, 2.05) is 20.1 Å². The molecule has 1 heterocycles. The summed E-state index contributed by atoms with van der Waals surface area (Å²) >= 11 is 1.48. The minimum atomic E-state index is -1.23. The summed E-state index contributed by atoms with van der Waals surface area (Å²) in [6.45, 7) is 6.44. The molecule has 0 fully saturated rings. The molecule has 2 rings (SSSR count). The average Bonchev–Trinajstić information content (AvgIpc) is 3.68. The van der Waals surface area contributed by atoms with Crippen molar-refractivity contribution in [3.63, 3.8) is 0 Å². The summed E-state index contributed by atoms with van der Waals surface area (Å²) in [4.78, 5) is 111. The molecule has 7 atom stereocenters. The van der Waals surface area contributed by atoms with E-state index in [4.69, 9.17) is 16.6 Å². The van der Waals surface area contributed by atoms with Crippen molar-refractivity contribution < 1.29 is 43.5 Å². The van der Waals surface area contributed by atoms with Crippen LogP contribution in [-0.4, -0.2) is 126 Å². The summed E-state index contributed by atoms with van der Waals surface area (Å²) in [5.74, 6) is -6.10. The first-order valence-corrected chi connectivity index (χ1v) is 20.4. The fourth-order valence-corrected chi connectivity index (χ4v) is 6.19. The summed E-state index contributed by atoms with van der Waals surface area (Å²) in [6.07, 6.45) is 4.64. The normalized spacial score (nSPS) is 16.3. The number of amides is 7. The minimum Gasteiger partial charge on any atom is -0.481 e. The highest BCUT2D eigenvalue weighted by Crippen LogP contribution is 2.11. The number of hydrogen-bond donors (Lipinski definition) is 9. The largest absolute Gasteiger partial charge is 0.481 e. The molecule has 0 saturated carbocycles. The molecule has 1 aromatic carbocycles. The number of benzene rings is 1. The number of carbonyl (C=O) groups is 8. The lowest BCUT2D eigenvalue weighted by Crippen LogP contribution is -2.59. The van der Waals surface area contributed by atoms with E-state index in [1.165, 1.54) is 24.3 Å². The van der Waals surface area contributed by atoms with Crippen LogP contribution in [0.5, 0.6) is 0 Å². The maximum Gasteiger partial charge on any atom is 0.303 e. The molecule has 0 radical (unpaired) electrons. The number of nitrogens with zero attached hydrogens (tertiary/aromatic N) is 2. The van der Waals surface area contributed by atoms with Crippen LogP contribution in [0.2, 0.25) is 0 Å². The second-order valence-electron chi connectivity index (χ2n) is 14.7. The van der Waals surface area contributed by atoms with Gasteiger partial charge in [0.05, 0.1) is 18.6 Å². The molecule has 320 valence electrons. The first-order valence-electron chi connectivity index (χ1n) is 19.0. The highest BCUT2D eigenvalue weighted by atomic mass is 32.2. The van der Waals surface area contributed by atoms with E-state index in [9.17, 15) is 38.4 Å². The second-order valence-corrected chi connectivity index (χ2v) is 15.6. The van der Waals surface area contributed by atoms with Crippen LogP contribution in [0, 0.1) is 11.8 Å². The van der Waals surface area contributed by atoms with Crippen LogP contribution in [0.3, 0.4) is 0 Å². The fourth-order valence-electron chi connectivity index (χ4n) is 5.72. The molecule has 1 aromatic rings. The van der Waals surface area contributed by atoms with E-state index in [-0.39, 0.29) is 38.0 Å². The molecule has 20 heteroatoms. The predicted molar refractivity (Wildman–Crippen MR) is 220 cm³/mol. The fraction of sp³-hybridized carbons (Fsp3) is 0.579. The van der Waals surface area contributed by atoms with Crippen LogP contribution in [0.25, 0.3) is 0 Å². The van der Waals surface area contributed by atoms with Crippen molar-refractivity contribution in [2.75, 3.05) is 18.6 Å². The van der Waals surface area contributed by atoms with Crippen molar-refractivity contribution in [2.45, 2.75) is 109 Å². The van der Waals surface area contributed by atoms with E-state index < -0.39 is 102 Å². The van der Waals surface area contributed by atoms with Crippen molar-refractivity contribution >= 4 is 71.6 Å². The van der Waals surface area contributed by atoms with Crippen LogP contribution in [0.15, 0.2) is 40.3 Å². The monoisotopic (exact) mass is 830 g/mol. The quantitative estimate of drug-likeness (QED) is 0.0533. The second kappa shape index (κ2) is 25.1. The van der Waals surface area contributed by atoms with Crippen LogP contribution in [0.1, 0.15) is 65.4 Å². The van der Waals surface area contributed by atoms with E-state index in [2.05, 4.69) is 41.9 Å². The molecule has 1 aliphatic rings. The Bertz CT molecular complexity index is 1630. The van der Waals surface area contributed by atoms with Gasteiger partial charge in [0.15, 0.2) is 0 Å². The summed E-state index contributed by atoms with van der Waals surface area (Å²) in [5.41, 5.74) is 12.1. The SMILES string of the molecule is CSCC[C@H](NC(=O)[C@H](CC(C)C)NC(=O)[C@H](CC1C=NC=N1)NC(=O)CNC(=O)[C@@H](NC(=O)[C@H](Cc1ccccc1)NC(=O)[C@@H](N)CCC(=O)O)C(C)C)C(N)=O. The lowest BCUT2D eigenvalue weighted by Gasteiger charge is -2.27. The molecule has 11 N–H and O–H groups in total. The molecule has 0 bridgehead atoms. The zero-order chi connectivity index (χ0) is 43.4. The molecule has 0 saturated heterocycles. The Morgan fingerprint density at radius 2 is 1.41 bits per heavy atom. The maximum absolute atomic E-state index is 13.7. The van der Waals surface area contributed by atoms with Crippen molar-refractivity contribution in [3.8, 4) is 0 Å². The van der Waals surface area contributed by atoms with E-state index in [0.717, 1.165) is 0 Å². The number of aliphatic imine (C=N–C) groups is 2. The molecule has 19 nitrogen and oxygen atoms in total. The van der Waals surface area contributed by atoms with Gasteiger partial charge in [0, 0.05) is 25.5 Å². The number of nitrogens with one attached hydrogen (secondary N) is 6. The molecule has 1 aliphatic heterocycles. The van der Waals surface area contributed by atoms with Crippen molar-refractivity contribution in [3.05, 3.63) is 35.9 Å². The van der Waals surface area contributed by atoms with Gasteiger partial charge in [-0.2, -0.15) is 11.8 Å². The number of aliphatic carboxylic acids is 1. The summed E-state index contributed by atoms with van der Waals surface area (Å²) in [6, 6.07) is 1.38. The Balaban J connectivity index is 2.17. The van der Waals surface area contributed by atoms with Gasteiger partial charge >= 0.3 is 5.97 Å². The van der Waals surface area contributed by atoms with Gasteiger partial charge in [-0.3, -0.25) is 43.3 Å². The Labute approximate surface area is 342 Å². The highest BCUT2D eigenvalue weighted by molar-refractivity contribution is 7.98. The molecule has 0 aromatic heterocycles. The third kappa shape index (κ3) is 17.8. The highest BCUT2D eigenvalue weighted by Gasteiger charge is 2.33. The molecule has 1 unspecified atom stereocenters. The molecule has 0 spiro atoms. The molecule has 7 amide bonds. The Morgan fingerprint density at radius 3 is 1.98 bits per heavy atom. The van der Waals surface area contributed by atoms with E-state index >= 15 is 0 Å².